The lowest BCUT2D eigenvalue weighted by molar-refractivity contribution is -0.127. The molecule has 1 aliphatic rings. The van der Waals surface area contributed by atoms with Crippen LogP contribution in [-0.2, 0) is 17.8 Å². The Hall–Kier alpha value is -3.94. The molecule has 2 N–H and O–H groups in total. The Morgan fingerprint density at radius 2 is 1.93 bits per heavy atom. The van der Waals surface area contributed by atoms with E-state index in [9.17, 15) is 14.4 Å². The summed E-state index contributed by atoms with van der Waals surface area (Å²) in [6.07, 6.45) is 3.96. The fourth-order valence-electron chi connectivity index (χ4n) is 3.89. The van der Waals surface area contributed by atoms with Crippen molar-refractivity contribution < 1.29 is 9.59 Å². The van der Waals surface area contributed by atoms with Crippen molar-refractivity contribution >= 4 is 28.5 Å². The van der Waals surface area contributed by atoms with Gasteiger partial charge in [-0.3, -0.25) is 18.9 Å². The highest BCUT2D eigenvalue weighted by Crippen LogP contribution is 2.21. The second kappa shape index (κ2) is 6.84. The van der Waals surface area contributed by atoms with Crippen LogP contribution in [0, 0.1) is 6.92 Å². The average molecular weight is 401 g/mol. The molecule has 0 aliphatic carbocycles. The molecule has 5 rings (SSSR count). The van der Waals surface area contributed by atoms with Crippen molar-refractivity contribution in [1.82, 2.24) is 24.6 Å². The van der Waals surface area contributed by atoms with E-state index in [1.54, 1.807) is 12.3 Å². The SMILES string of the molecule is Cc1ccc2nc(CN3C(=O)NC(Cc4c[nH]c5ccccc45)C3=O)cc(=O)n2c1. The number of hydrogen-bond donors (Lipinski definition) is 2. The van der Waals surface area contributed by atoms with Gasteiger partial charge in [0.15, 0.2) is 0 Å². The lowest BCUT2D eigenvalue weighted by Gasteiger charge is -2.13. The summed E-state index contributed by atoms with van der Waals surface area (Å²) in [6, 6.07) is 11.7. The van der Waals surface area contributed by atoms with E-state index in [0.29, 0.717) is 17.8 Å². The Labute approximate surface area is 171 Å². The van der Waals surface area contributed by atoms with Crippen molar-refractivity contribution in [2.75, 3.05) is 0 Å². The smallest absolute Gasteiger partial charge is 0.325 e. The van der Waals surface area contributed by atoms with Crippen LogP contribution in [0.3, 0.4) is 0 Å². The number of hydrogen-bond acceptors (Lipinski definition) is 4. The maximum absolute atomic E-state index is 12.9. The summed E-state index contributed by atoms with van der Waals surface area (Å²) in [5, 5.41) is 3.77. The molecule has 0 saturated carbocycles. The van der Waals surface area contributed by atoms with Crippen molar-refractivity contribution in [3.63, 3.8) is 0 Å². The predicted octanol–water partition coefficient (Wildman–Crippen LogP) is 2.15. The largest absolute Gasteiger partial charge is 0.361 e. The first kappa shape index (κ1) is 18.1. The number of nitrogens with zero attached hydrogens (tertiary/aromatic N) is 3. The standard InChI is InChI=1S/C22H19N5O3/c1-13-6-7-19-24-15(9-20(28)26(19)11-13)12-27-21(29)18(25-22(27)30)8-14-10-23-17-5-3-2-4-16(14)17/h2-7,9-11,18,23H,8,12H2,1H3,(H,25,30). The predicted molar refractivity (Wildman–Crippen MR) is 111 cm³/mol. The first-order valence-corrected chi connectivity index (χ1v) is 9.65. The van der Waals surface area contributed by atoms with Gasteiger partial charge in [-0.1, -0.05) is 24.3 Å². The van der Waals surface area contributed by atoms with Crippen LogP contribution in [0.15, 0.2) is 59.7 Å². The number of aromatic nitrogens is 3. The molecule has 0 radical (unpaired) electrons. The zero-order chi connectivity index (χ0) is 20.8. The van der Waals surface area contributed by atoms with Crippen molar-refractivity contribution in [2.24, 2.45) is 0 Å². The lowest BCUT2D eigenvalue weighted by atomic mass is 10.1. The van der Waals surface area contributed by atoms with Crippen molar-refractivity contribution in [2.45, 2.75) is 25.9 Å². The van der Waals surface area contributed by atoms with Crippen molar-refractivity contribution in [3.05, 3.63) is 82.0 Å². The number of fused-ring (bicyclic) bond motifs is 2. The molecule has 30 heavy (non-hydrogen) atoms. The Morgan fingerprint density at radius 1 is 1.10 bits per heavy atom. The number of amides is 3. The molecule has 8 nitrogen and oxygen atoms in total. The molecule has 0 spiro atoms. The first-order chi connectivity index (χ1) is 14.5. The second-order valence-corrected chi connectivity index (χ2v) is 7.51. The second-order valence-electron chi connectivity index (χ2n) is 7.51. The summed E-state index contributed by atoms with van der Waals surface area (Å²) in [6.45, 7) is 1.84. The van der Waals surface area contributed by atoms with Gasteiger partial charge in [0.2, 0.25) is 0 Å². The summed E-state index contributed by atoms with van der Waals surface area (Å²) in [5.74, 6) is -0.323. The van der Waals surface area contributed by atoms with E-state index >= 15 is 0 Å². The van der Waals surface area contributed by atoms with Crippen LogP contribution in [0.1, 0.15) is 16.8 Å². The minimum absolute atomic E-state index is 0.0470. The van der Waals surface area contributed by atoms with Crippen LogP contribution in [0.2, 0.25) is 0 Å². The summed E-state index contributed by atoms with van der Waals surface area (Å²) >= 11 is 0. The third kappa shape index (κ3) is 3.02. The Kier molecular flexibility index (Phi) is 4.13. The molecule has 1 aliphatic heterocycles. The number of carbonyl (C=O) groups is 2. The third-order valence-electron chi connectivity index (χ3n) is 5.39. The number of para-hydroxylation sites is 1. The number of carbonyl (C=O) groups excluding carboxylic acids is 2. The van der Waals surface area contributed by atoms with Gasteiger partial charge in [-0.05, 0) is 30.2 Å². The first-order valence-electron chi connectivity index (χ1n) is 9.65. The molecular weight excluding hydrogens is 382 g/mol. The molecule has 1 unspecified atom stereocenters. The Bertz CT molecular complexity index is 1370. The summed E-state index contributed by atoms with van der Waals surface area (Å²) < 4.78 is 1.45. The van der Waals surface area contributed by atoms with Gasteiger partial charge in [0.05, 0.1) is 12.2 Å². The maximum Gasteiger partial charge on any atom is 0.325 e. The molecule has 4 aromatic rings. The average Bonchev–Trinajstić information content (AvgIpc) is 3.25. The summed E-state index contributed by atoms with van der Waals surface area (Å²) in [7, 11) is 0. The quantitative estimate of drug-likeness (QED) is 0.512. The molecule has 3 aromatic heterocycles. The van der Waals surface area contributed by atoms with E-state index in [1.165, 1.54) is 10.5 Å². The highest BCUT2D eigenvalue weighted by molar-refractivity contribution is 6.04. The number of nitrogens with one attached hydrogen (secondary N) is 2. The minimum Gasteiger partial charge on any atom is -0.361 e. The van der Waals surface area contributed by atoms with E-state index in [0.717, 1.165) is 26.9 Å². The zero-order valence-electron chi connectivity index (χ0n) is 16.3. The number of aromatic amines is 1. The van der Waals surface area contributed by atoms with E-state index in [2.05, 4.69) is 15.3 Å². The van der Waals surface area contributed by atoms with Gasteiger partial charge in [-0.15, -0.1) is 0 Å². The summed E-state index contributed by atoms with van der Waals surface area (Å²) in [4.78, 5) is 46.5. The lowest BCUT2D eigenvalue weighted by Crippen LogP contribution is -2.32. The molecule has 1 fully saturated rings. The molecule has 1 aromatic carbocycles. The number of aryl methyl sites for hydroxylation is 1. The van der Waals surface area contributed by atoms with Gasteiger partial charge in [-0.25, -0.2) is 9.78 Å². The number of imide groups is 1. The molecule has 3 amide bonds. The molecule has 8 heteroatoms. The van der Waals surface area contributed by atoms with Crippen LogP contribution in [0.4, 0.5) is 4.79 Å². The topological polar surface area (TPSA) is 99.6 Å². The highest BCUT2D eigenvalue weighted by Gasteiger charge is 2.38. The number of urea groups is 1. The minimum atomic E-state index is -0.652. The zero-order valence-corrected chi connectivity index (χ0v) is 16.3. The van der Waals surface area contributed by atoms with Crippen LogP contribution in [0.25, 0.3) is 16.6 Å². The van der Waals surface area contributed by atoms with E-state index < -0.39 is 12.1 Å². The number of H-pyrrole nitrogens is 1. The van der Waals surface area contributed by atoms with E-state index in [1.807, 2.05) is 43.5 Å². The highest BCUT2D eigenvalue weighted by atomic mass is 16.2. The monoisotopic (exact) mass is 401 g/mol. The van der Waals surface area contributed by atoms with Gasteiger partial charge in [0, 0.05) is 35.8 Å². The fourth-order valence-corrected chi connectivity index (χ4v) is 3.89. The van der Waals surface area contributed by atoms with Crippen LogP contribution in [0.5, 0.6) is 0 Å². The molecular formula is C22H19N5O3. The summed E-state index contributed by atoms with van der Waals surface area (Å²) in [5.41, 5.74) is 3.49. The van der Waals surface area contributed by atoms with Crippen molar-refractivity contribution in [1.29, 1.82) is 0 Å². The molecule has 0 bridgehead atoms. The van der Waals surface area contributed by atoms with Crippen LogP contribution in [-0.4, -0.2) is 37.2 Å². The van der Waals surface area contributed by atoms with Gasteiger partial charge in [0.25, 0.3) is 11.5 Å². The number of pyridine rings is 1. The number of benzene rings is 1. The van der Waals surface area contributed by atoms with E-state index in [-0.39, 0.29) is 18.0 Å². The molecule has 1 saturated heterocycles. The van der Waals surface area contributed by atoms with E-state index in [4.69, 9.17) is 0 Å². The van der Waals surface area contributed by atoms with Gasteiger partial charge in [-0.2, -0.15) is 0 Å². The van der Waals surface area contributed by atoms with Gasteiger partial charge in [0.1, 0.15) is 11.7 Å². The van der Waals surface area contributed by atoms with Gasteiger partial charge >= 0.3 is 6.03 Å². The fraction of sp³-hybridized carbons (Fsp3) is 0.182. The van der Waals surface area contributed by atoms with Crippen LogP contribution < -0.4 is 10.9 Å². The Morgan fingerprint density at radius 3 is 2.80 bits per heavy atom. The molecule has 150 valence electrons. The molecule has 4 heterocycles. The Balaban J connectivity index is 1.39. The van der Waals surface area contributed by atoms with Gasteiger partial charge < -0.3 is 10.3 Å². The van der Waals surface area contributed by atoms with Crippen molar-refractivity contribution in [3.8, 4) is 0 Å². The third-order valence-corrected chi connectivity index (χ3v) is 5.39. The normalized spacial score (nSPS) is 16.6. The van der Waals surface area contributed by atoms with Crippen LogP contribution >= 0.6 is 0 Å². The molecule has 1 atom stereocenters. The maximum atomic E-state index is 12.9. The number of rotatable bonds is 4.